The van der Waals surface area contributed by atoms with Crippen LogP contribution in [0.1, 0.15) is 67.0 Å². The summed E-state index contributed by atoms with van der Waals surface area (Å²) in [4.78, 5) is 58.1. The van der Waals surface area contributed by atoms with Crippen molar-refractivity contribution >= 4 is 23.8 Å². The highest BCUT2D eigenvalue weighted by Crippen LogP contribution is 2.28. The van der Waals surface area contributed by atoms with Crippen molar-refractivity contribution in [2.24, 2.45) is 0 Å². The number of ketones is 1. The Morgan fingerprint density at radius 3 is 2.10 bits per heavy atom. The monoisotopic (exact) mass is 664 g/mol. The van der Waals surface area contributed by atoms with E-state index in [0.717, 1.165) is 11.1 Å². The molecule has 2 amide bonds. The Labute approximate surface area is 278 Å². The molecule has 48 heavy (non-hydrogen) atoms. The molecule has 1 fully saturated rings. The van der Waals surface area contributed by atoms with Crippen molar-refractivity contribution in [2.45, 2.75) is 39.2 Å². The minimum atomic E-state index is -1.61. The normalized spacial score (nSPS) is 17.5. The van der Waals surface area contributed by atoms with Crippen molar-refractivity contribution in [1.29, 1.82) is 0 Å². The van der Waals surface area contributed by atoms with Gasteiger partial charge in [-0.05, 0) is 80.3 Å². The summed E-state index contributed by atoms with van der Waals surface area (Å²) in [6.45, 7) is 3.35. The Bertz CT molecular complexity index is 1620. The summed E-state index contributed by atoms with van der Waals surface area (Å²) < 4.78 is 25.2. The lowest BCUT2D eigenvalue weighted by Gasteiger charge is -2.34. The van der Waals surface area contributed by atoms with Crippen LogP contribution in [-0.2, 0) is 14.3 Å². The molecule has 2 atom stereocenters. The molecule has 1 saturated heterocycles. The molecule has 13 nitrogen and oxygen atoms in total. The number of aryl methyl sites for hydroxylation is 2. The van der Waals surface area contributed by atoms with Crippen LogP contribution in [0.4, 0.5) is 4.79 Å². The van der Waals surface area contributed by atoms with Gasteiger partial charge in [-0.3, -0.25) is 14.4 Å². The van der Waals surface area contributed by atoms with Crippen molar-refractivity contribution in [3.63, 3.8) is 0 Å². The highest BCUT2D eigenvalue weighted by molar-refractivity contribution is 6.11. The van der Waals surface area contributed by atoms with Crippen LogP contribution >= 0.6 is 0 Å². The molecule has 13 heteroatoms. The number of amides is 2. The first-order valence-corrected chi connectivity index (χ1v) is 15.3. The van der Waals surface area contributed by atoms with E-state index in [0.29, 0.717) is 36.3 Å². The van der Waals surface area contributed by atoms with Gasteiger partial charge < -0.3 is 38.9 Å². The molecular formula is C35H40N2O11. The number of methoxy groups -OCH3 is 3. The molecule has 0 radical (unpaired) electrons. The topological polar surface area (TPSA) is 159 Å². The number of ether oxygens (including phenoxy) is 5. The van der Waals surface area contributed by atoms with Gasteiger partial charge in [0.2, 0.25) is 0 Å². The minimum absolute atomic E-state index is 0.0263. The number of hydroxylamine groups is 3. The van der Waals surface area contributed by atoms with Gasteiger partial charge in [-0.2, -0.15) is 0 Å². The first-order valence-electron chi connectivity index (χ1n) is 15.3. The number of hydrogen-bond donors (Lipinski definition) is 1. The third-order valence-electron chi connectivity index (χ3n) is 7.95. The second-order valence-corrected chi connectivity index (χ2v) is 11.4. The number of carboxylic acid groups (broad SMARTS) is 1. The van der Waals surface area contributed by atoms with Crippen LogP contribution in [0.15, 0.2) is 54.6 Å². The van der Waals surface area contributed by atoms with E-state index >= 15 is 0 Å². The number of nitrogens with zero attached hydrogens (tertiary/aromatic N) is 1. The first kappa shape index (κ1) is 35.9. The molecule has 1 aliphatic heterocycles. The van der Waals surface area contributed by atoms with E-state index in [2.05, 4.69) is 5.32 Å². The number of rotatable bonds is 12. The summed E-state index contributed by atoms with van der Waals surface area (Å²) in [5.74, 6) is -0.377. The van der Waals surface area contributed by atoms with Crippen molar-refractivity contribution < 1.29 is 57.5 Å². The molecule has 1 aliphatic rings. The van der Waals surface area contributed by atoms with Crippen molar-refractivity contribution in [3.05, 3.63) is 88.0 Å². The lowest BCUT2D eigenvalue weighted by Crippen LogP contribution is -2.63. The maximum absolute atomic E-state index is 13.4. The smallest absolute Gasteiger partial charge is 0.398 e. The summed E-state index contributed by atoms with van der Waals surface area (Å²) in [5.41, 5.74) is 2.35. The lowest BCUT2D eigenvalue weighted by atomic mass is 10.0. The number of carbonyl (C=O) groups is 4. The van der Waals surface area contributed by atoms with Gasteiger partial charge in [-0.1, -0.05) is 16.8 Å². The number of nitrogens with one attached hydrogen (secondary N) is 1. The molecule has 4 rings (SSSR count). The fraction of sp³-hybridized carbons (Fsp3) is 0.371. The van der Waals surface area contributed by atoms with Crippen molar-refractivity contribution in [3.8, 4) is 17.2 Å². The number of carbonyl (C=O) groups excluding carboxylic acids is 4. The highest BCUT2D eigenvalue weighted by Gasteiger charge is 2.42. The van der Waals surface area contributed by atoms with E-state index in [4.69, 9.17) is 28.5 Å². The molecule has 0 aliphatic carbocycles. The summed E-state index contributed by atoms with van der Waals surface area (Å²) in [6.07, 6.45) is -0.127. The van der Waals surface area contributed by atoms with E-state index in [1.807, 2.05) is 13.8 Å². The van der Waals surface area contributed by atoms with Crippen LogP contribution in [0, 0.1) is 13.8 Å². The predicted octanol–water partition coefficient (Wildman–Crippen LogP) is 3.72. The SMILES string of the molecule is COCOc1ccc(OC)cc1C(=O)c1ccc(C(=O)O[N+]2(C(=O)[O-])CCCCC(NC(=O)c3cc(C)c(OCOC)c(C)c3)C2)cc1. The largest absolute Gasteiger partial charge is 0.497 e. The highest BCUT2D eigenvalue weighted by atomic mass is 16.8. The van der Waals surface area contributed by atoms with Gasteiger partial charge in [-0.15, -0.1) is 0 Å². The number of quaternary nitrogens is 1. The van der Waals surface area contributed by atoms with Gasteiger partial charge in [0.05, 0.1) is 24.3 Å². The molecule has 256 valence electrons. The zero-order valence-corrected chi connectivity index (χ0v) is 27.7. The van der Waals surface area contributed by atoms with Crippen molar-refractivity contribution in [1.82, 2.24) is 5.32 Å². The standard InChI is InChI=1S/C35H40N2O11/c1-22-16-26(17-23(2)32(22)47-21-44-4)33(39)36-27-8-6-7-15-37(19-27,35(41)42)48-34(40)25-11-9-24(10-12-25)31(38)29-18-28(45-5)13-14-30(29)46-20-43-3/h9-14,16-18,27H,6-8,15,19-21H2,1-5H3,(H-,36,39,41,42). The van der Waals surface area contributed by atoms with Crippen LogP contribution in [-0.4, -0.2) is 82.4 Å². The van der Waals surface area contributed by atoms with E-state index < -0.39 is 34.4 Å². The van der Waals surface area contributed by atoms with Gasteiger partial charge in [-0.25, -0.2) is 4.79 Å². The summed E-state index contributed by atoms with van der Waals surface area (Å²) >= 11 is 0. The maximum Gasteiger partial charge on any atom is 0.398 e. The Balaban J connectivity index is 1.49. The molecule has 0 saturated carbocycles. The molecule has 0 spiro atoms. The average Bonchev–Trinajstić information content (AvgIpc) is 3.29. The molecule has 1 N–H and O–H groups in total. The summed E-state index contributed by atoms with van der Waals surface area (Å²) in [7, 11) is 4.45. The zero-order valence-electron chi connectivity index (χ0n) is 27.7. The number of hydrogen-bond acceptors (Lipinski definition) is 11. The van der Waals surface area contributed by atoms with Crippen LogP contribution in [0.25, 0.3) is 0 Å². The van der Waals surface area contributed by atoms with Gasteiger partial charge in [0, 0.05) is 31.8 Å². The lowest BCUT2D eigenvalue weighted by molar-refractivity contribution is -1.04. The third-order valence-corrected chi connectivity index (χ3v) is 7.95. The van der Waals surface area contributed by atoms with E-state index in [1.165, 1.54) is 51.7 Å². The van der Waals surface area contributed by atoms with E-state index in [1.54, 1.807) is 24.3 Å². The van der Waals surface area contributed by atoms with Crippen LogP contribution < -0.4 is 24.6 Å². The van der Waals surface area contributed by atoms with Crippen LogP contribution in [0.2, 0.25) is 0 Å². The molecule has 1 heterocycles. The molecule has 2 unspecified atom stereocenters. The second kappa shape index (κ2) is 16.2. The maximum atomic E-state index is 13.4. The molecular weight excluding hydrogens is 624 g/mol. The summed E-state index contributed by atoms with van der Waals surface area (Å²) in [6, 6.07) is 13.1. The fourth-order valence-corrected chi connectivity index (χ4v) is 5.58. The number of benzene rings is 3. The minimum Gasteiger partial charge on any atom is -0.497 e. The second-order valence-electron chi connectivity index (χ2n) is 11.4. The Kier molecular flexibility index (Phi) is 12.1. The van der Waals surface area contributed by atoms with Gasteiger partial charge in [0.1, 0.15) is 30.3 Å². The van der Waals surface area contributed by atoms with E-state index in [-0.39, 0.29) is 49.1 Å². The zero-order chi connectivity index (χ0) is 34.8. The molecule has 0 aromatic heterocycles. The van der Waals surface area contributed by atoms with Crippen molar-refractivity contribution in [2.75, 3.05) is 48.0 Å². The predicted molar refractivity (Wildman–Crippen MR) is 170 cm³/mol. The quantitative estimate of drug-likeness (QED) is 0.171. The Morgan fingerprint density at radius 1 is 0.833 bits per heavy atom. The van der Waals surface area contributed by atoms with Gasteiger partial charge >= 0.3 is 12.1 Å². The Morgan fingerprint density at radius 2 is 1.48 bits per heavy atom. The van der Waals surface area contributed by atoms with Gasteiger partial charge in [0.15, 0.2) is 19.4 Å². The Hall–Kier alpha value is -4.98. The molecule has 0 bridgehead atoms. The van der Waals surface area contributed by atoms with Gasteiger partial charge in [0.25, 0.3) is 5.91 Å². The molecule has 3 aromatic rings. The first-order chi connectivity index (χ1) is 23.0. The number of likely N-dealkylation sites (tertiary alicyclic amines) is 1. The molecule has 3 aromatic carbocycles. The van der Waals surface area contributed by atoms with Crippen LogP contribution in [0.5, 0.6) is 17.2 Å². The summed E-state index contributed by atoms with van der Waals surface area (Å²) in [5, 5.41) is 15.5. The van der Waals surface area contributed by atoms with Crippen LogP contribution in [0.3, 0.4) is 0 Å². The fourth-order valence-electron chi connectivity index (χ4n) is 5.58. The van der Waals surface area contributed by atoms with E-state index in [9.17, 15) is 24.3 Å². The third kappa shape index (κ3) is 8.48. The average molecular weight is 665 g/mol.